The van der Waals surface area contributed by atoms with Crippen LogP contribution in [0.2, 0.25) is 0 Å². The molecule has 0 saturated carbocycles. The summed E-state index contributed by atoms with van der Waals surface area (Å²) < 4.78 is 4.53. The second kappa shape index (κ2) is 5.62. The maximum absolute atomic E-state index is 11.6. The first-order valence-electron chi connectivity index (χ1n) is 4.68. The molecule has 6 heteroatoms. The number of aliphatic hydroxyl groups is 1. The molecule has 1 aromatic rings. The molecule has 16 heavy (non-hydrogen) atoms. The van der Waals surface area contributed by atoms with Crippen molar-refractivity contribution in [3.63, 3.8) is 0 Å². The fourth-order valence-electron chi connectivity index (χ4n) is 1.01. The highest BCUT2D eigenvalue weighted by Crippen LogP contribution is 2.17. The number of rotatable bonds is 4. The Kier molecular flexibility index (Phi) is 4.45. The van der Waals surface area contributed by atoms with Crippen molar-refractivity contribution < 1.29 is 19.4 Å². The van der Waals surface area contributed by atoms with Gasteiger partial charge in [0.05, 0.1) is 18.6 Å². The standard InChI is InChI=1S/C10H13NO4S/c1-6(5-12)11-9(13)7-3-4-8(16-7)10(14)15-2/h3-4,6,12H,5H2,1-2H3,(H,11,13). The zero-order valence-electron chi connectivity index (χ0n) is 9.02. The molecule has 1 unspecified atom stereocenters. The third-order valence-corrected chi connectivity index (χ3v) is 2.93. The molecular weight excluding hydrogens is 230 g/mol. The molecule has 0 aliphatic carbocycles. The Morgan fingerprint density at radius 2 is 2.12 bits per heavy atom. The van der Waals surface area contributed by atoms with Gasteiger partial charge in [0.1, 0.15) is 4.88 Å². The molecular formula is C10H13NO4S. The van der Waals surface area contributed by atoms with Crippen molar-refractivity contribution in [2.75, 3.05) is 13.7 Å². The van der Waals surface area contributed by atoms with Gasteiger partial charge in [0.25, 0.3) is 5.91 Å². The minimum atomic E-state index is -0.459. The van der Waals surface area contributed by atoms with Crippen LogP contribution in [0.3, 0.4) is 0 Å². The predicted octanol–water partition coefficient (Wildman–Crippen LogP) is 0.645. The average Bonchev–Trinajstić information content (AvgIpc) is 2.77. The summed E-state index contributed by atoms with van der Waals surface area (Å²) in [6, 6.07) is 2.78. The van der Waals surface area contributed by atoms with Gasteiger partial charge < -0.3 is 15.2 Å². The van der Waals surface area contributed by atoms with Gasteiger partial charge in [-0.3, -0.25) is 4.79 Å². The smallest absolute Gasteiger partial charge is 0.348 e. The predicted molar refractivity (Wildman–Crippen MR) is 59.7 cm³/mol. The molecule has 1 heterocycles. The van der Waals surface area contributed by atoms with Crippen molar-refractivity contribution in [1.82, 2.24) is 5.32 Å². The highest BCUT2D eigenvalue weighted by Gasteiger charge is 2.15. The molecule has 0 aliphatic rings. The Balaban J connectivity index is 2.70. The van der Waals surface area contributed by atoms with Crippen molar-refractivity contribution in [2.24, 2.45) is 0 Å². The molecule has 0 aliphatic heterocycles. The van der Waals surface area contributed by atoms with E-state index in [-0.39, 0.29) is 18.6 Å². The van der Waals surface area contributed by atoms with Crippen LogP contribution in [-0.2, 0) is 4.74 Å². The van der Waals surface area contributed by atoms with E-state index in [2.05, 4.69) is 10.1 Å². The summed E-state index contributed by atoms with van der Waals surface area (Å²) in [4.78, 5) is 23.5. The van der Waals surface area contributed by atoms with Gasteiger partial charge in [-0.2, -0.15) is 0 Å². The maximum atomic E-state index is 11.6. The second-order valence-electron chi connectivity index (χ2n) is 3.21. The number of hydrogen-bond acceptors (Lipinski definition) is 5. The zero-order chi connectivity index (χ0) is 12.1. The van der Waals surface area contributed by atoms with Gasteiger partial charge in [0, 0.05) is 6.04 Å². The van der Waals surface area contributed by atoms with Crippen LogP contribution in [0.5, 0.6) is 0 Å². The third kappa shape index (κ3) is 3.04. The lowest BCUT2D eigenvalue weighted by atomic mass is 10.3. The molecule has 0 radical (unpaired) electrons. The Bertz CT molecular complexity index is 388. The molecule has 1 aromatic heterocycles. The molecule has 2 N–H and O–H groups in total. The second-order valence-corrected chi connectivity index (χ2v) is 4.30. The van der Waals surface area contributed by atoms with Gasteiger partial charge in [-0.15, -0.1) is 11.3 Å². The number of nitrogens with one attached hydrogen (secondary N) is 1. The van der Waals surface area contributed by atoms with Crippen LogP contribution in [0.1, 0.15) is 26.3 Å². The summed E-state index contributed by atoms with van der Waals surface area (Å²) >= 11 is 1.06. The third-order valence-electron chi connectivity index (χ3n) is 1.87. The topological polar surface area (TPSA) is 75.6 Å². The lowest BCUT2D eigenvalue weighted by molar-refractivity contribution is 0.0606. The van der Waals surface area contributed by atoms with Crippen molar-refractivity contribution >= 4 is 23.2 Å². The van der Waals surface area contributed by atoms with Crippen molar-refractivity contribution in [3.8, 4) is 0 Å². The molecule has 0 aromatic carbocycles. The van der Waals surface area contributed by atoms with Crippen LogP contribution < -0.4 is 5.32 Å². The van der Waals surface area contributed by atoms with E-state index in [1.807, 2.05) is 0 Å². The first-order valence-corrected chi connectivity index (χ1v) is 5.50. The molecule has 0 saturated heterocycles. The van der Waals surface area contributed by atoms with Gasteiger partial charge in [0.15, 0.2) is 0 Å². The van der Waals surface area contributed by atoms with E-state index >= 15 is 0 Å². The summed E-state index contributed by atoms with van der Waals surface area (Å²) in [6.45, 7) is 1.56. The molecule has 1 rings (SSSR count). The number of thiophene rings is 1. The molecule has 88 valence electrons. The minimum absolute atomic E-state index is 0.124. The maximum Gasteiger partial charge on any atom is 0.348 e. The molecule has 0 spiro atoms. The number of carbonyl (C=O) groups is 2. The Morgan fingerprint density at radius 3 is 2.69 bits per heavy atom. The van der Waals surface area contributed by atoms with E-state index in [0.29, 0.717) is 9.75 Å². The Morgan fingerprint density at radius 1 is 1.50 bits per heavy atom. The minimum Gasteiger partial charge on any atom is -0.465 e. The van der Waals surface area contributed by atoms with E-state index in [9.17, 15) is 9.59 Å². The monoisotopic (exact) mass is 243 g/mol. The van der Waals surface area contributed by atoms with Crippen molar-refractivity contribution in [1.29, 1.82) is 0 Å². The largest absolute Gasteiger partial charge is 0.465 e. The summed E-state index contributed by atoms with van der Waals surface area (Å²) in [5.41, 5.74) is 0. The van der Waals surface area contributed by atoms with Gasteiger partial charge in [-0.05, 0) is 19.1 Å². The van der Waals surface area contributed by atoms with Crippen molar-refractivity contribution in [3.05, 3.63) is 21.9 Å². The van der Waals surface area contributed by atoms with Crippen molar-refractivity contribution in [2.45, 2.75) is 13.0 Å². The molecule has 5 nitrogen and oxygen atoms in total. The first-order chi connectivity index (χ1) is 7.58. The SMILES string of the molecule is COC(=O)c1ccc(C(=O)NC(C)CO)s1. The quantitative estimate of drug-likeness (QED) is 0.761. The summed E-state index contributed by atoms with van der Waals surface area (Å²) in [5.74, 6) is -0.763. The molecule has 1 amide bonds. The summed E-state index contributed by atoms with van der Waals surface area (Å²) in [7, 11) is 1.29. The van der Waals surface area contributed by atoms with Crippen LogP contribution in [0.15, 0.2) is 12.1 Å². The van der Waals surface area contributed by atoms with Gasteiger partial charge in [0.2, 0.25) is 0 Å². The number of aliphatic hydroxyl groups excluding tert-OH is 1. The number of hydrogen-bond donors (Lipinski definition) is 2. The van der Waals surface area contributed by atoms with Gasteiger partial charge in [-0.25, -0.2) is 4.79 Å². The lowest BCUT2D eigenvalue weighted by Gasteiger charge is -2.08. The number of carbonyl (C=O) groups excluding carboxylic acids is 2. The van der Waals surface area contributed by atoms with E-state index in [0.717, 1.165) is 11.3 Å². The highest BCUT2D eigenvalue weighted by atomic mass is 32.1. The van der Waals surface area contributed by atoms with E-state index in [1.54, 1.807) is 13.0 Å². The van der Waals surface area contributed by atoms with E-state index in [4.69, 9.17) is 5.11 Å². The number of esters is 1. The molecule has 0 fully saturated rings. The van der Waals surface area contributed by atoms with Crippen LogP contribution in [0, 0.1) is 0 Å². The van der Waals surface area contributed by atoms with Crippen LogP contribution >= 0.6 is 11.3 Å². The molecule has 1 atom stereocenters. The Hall–Kier alpha value is -1.40. The van der Waals surface area contributed by atoms with E-state index in [1.165, 1.54) is 13.2 Å². The highest BCUT2D eigenvalue weighted by molar-refractivity contribution is 7.15. The fourth-order valence-corrected chi connectivity index (χ4v) is 1.84. The first kappa shape index (κ1) is 12.7. The summed E-state index contributed by atoms with van der Waals surface area (Å²) in [5, 5.41) is 11.4. The van der Waals surface area contributed by atoms with Crippen LogP contribution in [0.4, 0.5) is 0 Å². The number of amides is 1. The average molecular weight is 243 g/mol. The van der Waals surface area contributed by atoms with Gasteiger partial charge >= 0.3 is 5.97 Å². The van der Waals surface area contributed by atoms with E-state index < -0.39 is 5.97 Å². The van der Waals surface area contributed by atoms with Crippen LogP contribution in [-0.4, -0.2) is 36.7 Å². The Labute approximate surface area is 97.0 Å². The lowest BCUT2D eigenvalue weighted by Crippen LogP contribution is -2.34. The number of ether oxygens (including phenoxy) is 1. The normalized spacial score (nSPS) is 11.9. The molecule has 0 bridgehead atoms. The fraction of sp³-hybridized carbons (Fsp3) is 0.400. The summed E-state index contributed by atoms with van der Waals surface area (Å²) in [6.07, 6.45) is 0. The van der Waals surface area contributed by atoms with Crippen LogP contribution in [0.25, 0.3) is 0 Å². The zero-order valence-corrected chi connectivity index (χ0v) is 9.84. The number of methoxy groups -OCH3 is 1. The van der Waals surface area contributed by atoms with Gasteiger partial charge in [-0.1, -0.05) is 0 Å².